The monoisotopic (exact) mass is 228 g/mol. The van der Waals surface area contributed by atoms with Crippen molar-refractivity contribution in [3.05, 3.63) is 59.9 Å². The molecule has 2 N–H and O–H groups in total. The van der Waals surface area contributed by atoms with Gasteiger partial charge in [-0.1, -0.05) is 30.3 Å². The Balaban J connectivity index is 1.78. The molecule has 0 amide bonds. The fraction of sp³-hybridized carbons (Fsp3) is 0.333. The first kappa shape index (κ1) is 11.9. The molecule has 17 heavy (non-hydrogen) atoms. The first-order valence-electron chi connectivity index (χ1n) is 6.27. The second kappa shape index (κ2) is 6.26. The van der Waals surface area contributed by atoms with Crippen LogP contribution in [-0.4, -0.2) is 11.1 Å². The molecule has 0 aliphatic carbocycles. The van der Waals surface area contributed by atoms with Gasteiger partial charge in [0.05, 0.1) is 0 Å². The van der Waals surface area contributed by atoms with Gasteiger partial charge in [0.2, 0.25) is 0 Å². The fourth-order valence-electron chi connectivity index (χ4n) is 2.05. The Kier molecular flexibility index (Phi) is 4.39. The Hall–Kier alpha value is -1.54. The minimum atomic E-state index is 0.730. The largest absolute Gasteiger partial charge is 0.354 e. The number of aromatic nitrogens is 1. The molecule has 1 heterocycles. The predicted molar refractivity (Wildman–Crippen MR) is 72.0 cm³/mol. The number of nitrogens with zero attached hydrogens (tertiary/aromatic N) is 1. The Bertz CT molecular complexity index is 431. The van der Waals surface area contributed by atoms with Crippen molar-refractivity contribution in [1.29, 1.82) is 0 Å². The topological polar surface area (TPSA) is 30.9 Å². The molecule has 2 heteroatoms. The highest BCUT2D eigenvalue weighted by Crippen LogP contribution is 2.06. The van der Waals surface area contributed by atoms with Gasteiger partial charge in [-0.3, -0.25) is 0 Å². The van der Waals surface area contributed by atoms with Crippen LogP contribution in [0.1, 0.15) is 17.5 Å². The minimum absolute atomic E-state index is 0.730. The first-order valence-corrected chi connectivity index (χ1v) is 6.27. The van der Waals surface area contributed by atoms with Crippen molar-refractivity contribution >= 4 is 0 Å². The maximum atomic E-state index is 5.54. The zero-order valence-corrected chi connectivity index (χ0v) is 10.2. The quantitative estimate of drug-likeness (QED) is 0.809. The number of benzene rings is 1. The summed E-state index contributed by atoms with van der Waals surface area (Å²) in [5.74, 6) is 0. The van der Waals surface area contributed by atoms with E-state index in [0.717, 1.165) is 25.9 Å². The standard InChI is InChI=1S/C15H20N2/c16-10-8-15-9-12-17(13-15)11-4-7-14-5-2-1-3-6-14/h1-3,5-6,9,12-13H,4,7-8,10-11,16H2. The van der Waals surface area contributed by atoms with E-state index >= 15 is 0 Å². The molecule has 0 fully saturated rings. The van der Waals surface area contributed by atoms with Gasteiger partial charge in [0.15, 0.2) is 0 Å². The van der Waals surface area contributed by atoms with Gasteiger partial charge >= 0.3 is 0 Å². The Morgan fingerprint density at radius 3 is 2.53 bits per heavy atom. The molecule has 0 saturated carbocycles. The third-order valence-corrected chi connectivity index (χ3v) is 2.97. The van der Waals surface area contributed by atoms with E-state index in [4.69, 9.17) is 5.73 Å². The Morgan fingerprint density at radius 2 is 1.76 bits per heavy atom. The third-order valence-electron chi connectivity index (χ3n) is 2.97. The SMILES string of the molecule is NCCc1ccn(CCCc2ccccc2)c1. The Morgan fingerprint density at radius 1 is 0.941 bits per heavy atom. The minimum Gasteiger partial charge on any atom is -0.354 e. The summed E-state index contributed by atoms with van der Waals surface area (Å²) >= 11 is 0. The van der Waals surface area contributed by atoms with E-state index in [1.54, 1.807) is 0 Å². The summed E-state index contributed by atoms with van der Waals surface area (Å²) in [5, 5.41) is 0. The van der Waals surface area contributed by atoms with Crippen molar-refractivity contribution in [2.45, 2.75) is 25.8 Å². The van der Waals surface area contributed by atoms with Gasteiger partial charge in [-0.25, -0.2) is 0 Å². The average molecular weight is 228 g/mol. The molecule has 2 nitrogen and oxygen atoms in total. The summed E-state index contributed by atoms with van der Waals surface area (Å²) in [6.07, 6.45) is 7.66. The maximum Gasteiger partial charge on any atom is 0.0222 e. The van der Waals surface area contributed by atoms with Crippen molar-refractivity contribution in [3.63, 3.8) is 0 Å². The summed E-state index contributed by atoms with van der Waals surface area (Å²) in [6.45, 7) is 1.81. The zero-order valence-electron chi connectivity index (χ0n) is 10.2. The van der Waals surface area contributed by atoms with Crippen LogP contribution in [0.2, 0.25) is 0 Å². The molecule has 0 aliphatic rings. The van der Waals surface area contributed by atoms with Crippen LogP contribution in [0.15, 0.2) is 48.8 Å². The van der Waals surface area contributed by atoms with Gasteiger partial charge in [0.25, 0.3) is 0 Å². The molecule has 0 atom stereocenters. The molecular weight excluding hydrogens is 208 g/mol. The third kappa shape index (κ3) is 3.75. The number of nitrogens with two attached hydrogens (primary N) is 1. The molecular formula is C15H20N2. The molecule has 0 bridgehead atoms. The van der Waals surface area contributed by atoms with Gasteiger partial charge in [0.1, 0.15) is 0 Å². The van der Waals surface area contributed by atoms with E-state index in [0.29, 0.717) is 0 Å². The molecule has 1 aromatic heterocycles. The second-order valence-corrected chi connectivity index (χ2v) is 4.39. The molecule has 0 unspecified atom stereocenters. The van der Waals surface area contributed by atoms with Crippen molar-refractivity contribution in [3.8, 4) is 0 Å². The molecule has 90 valence electrons. The normalized spacial score (nSPS) is 10.6. The van der Waals surface area contributed by atoms with Gasteiger partial charge in [-0.05, 0) is 43.0 Å². The Labute approximate surface area is 103 Å². The summed E-state index contributed by atoms with van der Waals surface area (Å²) in [7, 11) is 0. The zero-order chi connectivity index (χ0) is 11.9. The van der Waals surface area contributed by atoms with E-state index in [2.05, 4.69) is 53.4 Å². The van der Waals surface area contributed by atoms with Crippen LogP contribution in [0.25, 0.3) is 0 Å². The van der Waals surface area contributed by atoms with E-state index in [1.807, 2.05) is 0 Å². The lowest BCUT2D eigenvalue weighted by molar-refractivity contribution is 0.644. The molecule has 2 rings (SSSR count). The lowest BCUT2D eigenvalue weighted by Gasteiger charge is -2.03. The number of rotatable bonds is 6. The van der Waals surface area contributed by atoms with Gasteiger partial charge in [-0.2, -0.15) is 0 Å². The number of hydrogen-bond donors (Lipinski definition) is 1. The van der Waals surface area contributed by atoms with Gasteiger partial charge in [0, 0.05) is 18.9 Å². The average Bonchev–Trinajstić information content (AvgIpc) is 2.79. The van der Waals surface area contributed by atoms with Crippen molar-refractivity contribution in [2.24, 2.45) is 5.73 Å². The maximum absolute atomic E-state index is 5.54. The summed E-state index contributed by atoms with van der Waals surface area (Å²) in [6, 6.07) is 12.8. The lowest BCUT2D eigenvalue weighted by atomic mass is 10.1. The van der Waals surface area contributed by atoms with Crippen LogP contribution in [0.5, 0.6) is 0 Å². The van der Waals surface area contributed by atoms with Crippen LogP contribution in [0.4, 0.5) is 0 Å². The lowest BCUT2D eigenvalue weighted by Crippen LogP contribution is -2.02. The van der Waals surface area contributed by atoms with Crippen molar-refractivity contribution in [1.82, 2.24) is 4.57 Å². The number of aryl methyl sites for hydroxylation is 2. The smallest absolute Gasteiger partial charge is 0.0222 e. The molecule has 0 radical (unpaired) electrons. The van der Waals surface area contributed by atoms with E-state index in [1.165, 1.54) is 17.5 Å². The number of hydrogen-bond acceptors (Lipinski definition) is 1. The summed E-state index contributed by atoms with van der Waals surface area (Å²) in [5.41, 5.74) is 8.30. The summed E-state index contributed by atoms with van der Waals surface area (Å²) in [4.78, 5) is 0. The van der Waals surface area contributed by atoms with Gasteiger partial charge < -0.3 is 10.3 Å². The fourth-order valence-corrected chi connectivity index (χ4v) is 2.05. The van der Waals surface area contributed by atoms with Crippen LogP contribution in [0.3, 0.4) is 0 Å². The first-order chi connectivity index (χ1) is 8.38. The molecule has 2 aromatic rings. The van der Waals surface area contributed by atoms with E-state index < -0.39 is 0 Å². The molecule has 1 aromatic carbocycles. The van der Waals surface area contributed by atoms with Crippen LogP contribution < -0.4 is 5.73 Å². The highest BCUT2D eigenvalue weighted by Gasteiger charge is 1.97. The van der Waals surface area contributed by atoms with E-state index in [-0.39, 0.29) is 0 Å². The summed E-state index contributed by atoms with van der Waals surface area (Å²) < 4.78 is 2.26. The van der Waals surface area contributed by atoms with Crippen LogP contribution >= 0.6 is 0 Å². The van der Waals surface area contributed by atoms with E-state index in [9.17, 15) is 0 Å². The van der Waals surface area contributed by atoms with Crippen LogP contribution in [-0.2, 0) is 19.4 Å². The van der Waals surface area contributed by atoms with Crippen molar-refractivity contribution in [2.75, 3.05) is 6.54 Å². The molecule has 0 spiro atoms. The van der Waals surface area contributed by atoms with Crippen molar-refractivity contribution < 1.29 is 0 Å². The highest BCUT2D eigenvalue weighted by atomic mass is 14.9. The molecule has 0 aliphatic heterocycles. The van der Waals surface area contributed by atoms with Gasteiger partial charge in [-0.15, -0.1) is 0 Å². The van der Waals surface area contributed by atoms with Crippen LogP contribution in [0, 0.1) is 0 Å². The second-order valence-electron chi connectivity index (χ2n) is 4.39. The molecule has 0 saturated heterocycles. The predicted octanol–water partition coefficient (Wildman–Crippen LogP) is 2.62. The highest BCUT2D eigenvalue weighted by molar-refractivity contribution is 5.14.